The van der Waals surface area contributed by atoms with E-state index >= 15 is 0 Å². The largest absolute Gasteiger partial charge is 0.384 e. The normalized spacial score (nSPS) is 13.2. The summed E-state index contributed by atoms with van der Waals surface area (Å²) >= 11 is 0. The predicted octanol–water partition coefficient (Wildman–Crippen LogP) is 3.16. The van der Waals surface area contributed by atoms with Crippen LogP contribution < -0.4 is 5.32 Å². The summed E-state index contributed by atoms with van der Waals surface area (Å²) in [7, 11) is 1.84. The lowest BCUT2D eigenvalue weighted by atomic mass is 9.95. The van der Waals surface area contributed by atoms with Crippen LogP contribution in [0.1, 0.15) is 17.2 Å². The van der Waals surface area contributed by atoms with E-state index in [1.807, 2.05) is 43.5 Å². The molecule has 0 fully saturated rings. The van der Waals surface area contributed by atoms with Gasteiger partial charge in [-0.05, 0) is 35.9 Å². The van der Waals surface area contributed by atoms with Gasteiger partial charge in [0.2, 0.25) is 0 Å². The van der Waals surface area contributed by atoms with Gasteiger partial charge in [0.1, 0.15) is 11.9 Å². The van der Waals surface area contributed by atoms with Gasteiger partial charge in [0.05, 0.1) is 0 Å². The van der Waals surface area contributed by atoms with E-state index in [2.05, 4.69) is 5.32 Å². The van der Waals surface area contributed by atoms with Crippen LogP contribution in [0.25, 0.3) is 5.57 Å². The van der Waals surface area contributed by atoms with Crippen molar-refractivity contribution >= 4 is 5.57 Å². The molecule has 2 N–H and O–H groups in total. The Hall–Kier alpha value is -1.97. The van der Waals surface area contributed by atoms with Crippen LogP contribution in [0.5, 0.6) is 0 Å². The highest BCUT2D eigenvalue weighted by molar-refractivity contribution is 5.70. The first-order valence-corrected chi connectivity index (χ1v) is 6.56. The van der Waals surface area contributed by atoms with Gasteiger partial charge in [-0.25, -0.2) is 4.39 Å². The number of likely N-dealkylation sites (N-methyl/N-ethyl adjacent to an activating group) is 1. The average molecular weight is 271 g/mol. The molecule has 0 aliphatic rings. The molecule has 0 aliphatic heterocycles. The van der Waals surface area contributed by atoms with Gasteiger partial charge in [-0.2, -0.15) is 0 Å². The number of nitrogens with one attached hydrogen (secondary N) is 1. The molecule has 0 saturated carbocycles. The summed E-state index contributed by atoms with van der Waals surface area (Å²) in [6.45, 7) is 0.636. The maximum Gasteiger partial charge on any atom is 0.123 e. The maximum absolute atomic E-state index is 13.3. The first kappa shape index (κ1) is 14.4. The number of hydrogen-bond donors (Lipinski definition) is 2. The van der Waals surface area contributed by atoms with Crippen LogP contribution in [0.4, 0.5) is 4.39 Å². The molecule has 0 heterocycles. The van der Waals surface area contributed by atoms with Crippen molar-refractivity contribution < 1.29 is 9.50 Å². The second-order valence-electron chi connectivity index (χ2n) is 4.54. The molecule has 1 unspecified atom stereocenters. The van der Waals surface area contributed by atoms with Gasteiger partial charge in [-0.3, -0.25) is 0 Å². The monoisotopic (exact) mass is 271 g/mol. The molecule has 2 aromatic carbocycles. The Bertz CT molecular complexity index is 581. The summed E-state index contributed by atoms with van der Waals surface area (Å²) in [4.78, 5) is 0. The van der Waals surface area contributed by atoms with Crippen LogP contribution in [-0.4, -0.2) is 18.7 Å². The SMILES string of the molecule is CNC/C=C(\c1ccccc1)C(O)c1cccc(F)c1. The quantitative estimate of drug-likeness (QED) is 0.875. The van der Waals surface area contributed by atoms with E-state index in [1.165, 1.54) is 12.1 Å². The van der Waals surface area contributed by atoms with Crippen molar-refractivity contribution in [1.82, 2.24) is 5.32 Å². The Morgan fingerprint density at radius 2 is 1.95 bits per heavy atom. The van der Waals surface area contributed by atoms with Crippen molar-refractivity contribution in [3.05, 3.63) is 77.6 Å². The van der Waals surface area contributed by atoms with Gasteiger partial charge < -0.3 is 10.4 Å². The van der Waals surface area contributed by atoms with Crippen molar-refractivity contribution in [2.75, 3.05) is 13.6 Å². The lowest BCUT2D eigenvalue weighted by Gasteiger charge is -2.16. The molecule has 2 aromatic rings. The molecule has 104 valence electrons. The zero-order chi connectivity index (χ0) is 14.4. The smallest absolute Gasteiger partial charge is 0.123 e. The molecular formula is C17H18FNO. The molecule has 0 aromatic heterocycles. The standard InChI is InChI=1S/C17H18FNO/c1-19-11-10-16(13-6-3-2-4-7-13)17(20)14-8-5-9-15(18)12-14/h2-10,12,17,19-20H,11H2,1H3/b16-10+. The molecule has 2 nitrogen and oxygen atoms in total. The van der Waals surface area contributed by atoms with Crippen molar-refractivity contribution in [3.8, 4) is 0 Å². The Balaban J connectivity index is 2.37. The highest BCUT2D eigenvalue weighted by Gasteiger charge is 2.15. The molecule has 0 bridgehead atoms. The number of rotatable bonds is 5. The predicted molar refractivity (Wildman–Crippen MR) is 79.7 cm³/mol. The number of halogens is 1. The summed E-state index contributed by atoms with van der Waals surface area (Å²) in [5.74, 6) is -0.345. The third-order valence-corrected chi connectivity index (χ3v) is 3.09. The minimum Gasteiger partial charge on any atom is -0.384 e. The molecule has 0 aliphatic carbocycles. The van der Waals surface area contributed by atoms with Crippen LogP contribution in [-0.2, 0) is 0 Å². The molecule has 0 saturated heterocycles. The second-order valence-corrected chi connectivity index (χ2v) is 4.54. The minimum atomic E-state index is -0.846. The fourth-order valence-electron chi connectivity index (χ4n) is 2.09. The highest BCUT2D eigenvalue weighted by Crippen LogP contribution is 2.29. The van der Waals surface area contributed by atoms with E-state index < -0.39 is 6.10 Å². The third kappa shape index (κ3) is 3.53. The summed E-state index contributed by atoms with van der Waals surface area (Å²) < 4.78 is 13.3. The van der Waals surface area contributed by atoms with E-state index in [0.29, 0.717) is 12.1 Å². The number of benzene rings is 2. The first-order chi connectivity index (χ1) is 9.72. The second kappa shape index (κ2) is 6.98. The number of aliphatic hydroxyl groups excluding tert-OH is 1. The molecule has 2 rings (SSSR count). The van der Waals surface area contributed by atoms with E-state index in [1.54, 1.807) is 12.1 Å². The topological polar surface area (TPSA) is 32.3 Å². The van der Waals surface area contributed by atoms with Crippen LogP contribution in [0.15, 0.2) is 60.7 Å². The van der Waals surface area contributed by atoms with Crippen LogP contribution >= 0.6 is 0 Å². The fraction of sp³-hybridized carbons (Fsp3) is 0.176. The maximum atomic E-state index is 13.3. The van der Waals surface area contributed by atoms with Gasteiger partial charge in [0.15, 0.2) is 0 Å². The molecule has 0 amide bonds. The van der Waals surface area contributed by atoms with Gasteiger partial charge >= 0.3 is 0 Å². The Kier molecular flexibility index (Phi) is 5.04. The molecule has 0 radical (unpaired) electrons. The van der Waals surface area contributed by atoms with Crippen LogP contribution in [0.3, 0.4) is 0 Å². The number of hydrogen-bond acceptors (Lipinski definition) is 2. The van der Waals surface area contributed by atoms with Crippen molar-refractivity contribution in [1.29, 1.82) is 0 Å². The zero-order valence-corrected chi connectivity index (χ0v) is 11.4. The fourth-order valence-corrected chi connectivity index (χ4v) is 2.09. The molecule has 0 spiro atoms. The summed E-state index contributed by atoms with van der Waals surface area (Å²) in [5, 5.41) is 13.5. The van der Waals surface area contributed by atoms with Gasteiger partial charge in [-0.1, -0.05) is 48.5 Å². The molecule has 3 heteroatoms. The lowest BCUT2D eigenvalue weighted by molar-refractivity contribution is 0.237. The third-order valence-electron chi connectivity index (χ3n) is 3.09. The molecule has 1 atom stereocenters. The van der Waals surface area contributed by atoms with E-state index in [0.717, 1.165) is 11.1 Å². The van der Waals surface area contributed by atoms with Gasteiger partial charge in [-0.15, -0.1) is 0 Å². The van der Waals surface area contributed by atoms with Crippen molar-refractivity contribution in [2.45, 2.75) is 6.10 Å². The Morgan fingerprint density at radius 1 is 1.20 bits per heavy atom. The number of aliphatic hydroxyl groups is 1. The lowest BCUT2D eigenvalue weighted by Crippen LogP contribution is -2.08. The zero-order valence-electron chi connectivity index (χ0n) is 11.4. The van der Waals surface area contributed by atoms with Crippen LogP contribution in [0, 0.1) is 5.82 Å². The Labute approximate surface area is 118 Å². The summed E-state index contributed by atoms with van der Waals surface area (Å²) in [5.41, 5.74) is 2.25. The van der Waals surface area contributed by atoms with E-state index in [-0.39, 0.29) is 5.82 Å². The van der Waals surface area contributed by atoms with E-state index in [9.17, 15) is 9.50 Å². The highest BCUT2D eigenvalue weighted by atomic mass is 19.1. The van der Waals surface area contributed by atoms with Crippen LogP contribution in [0.2, 0.25) is 0 Å². The Morgan fingerprint density at radius 3 is 2.60 bits per heavy atom. The van der Waals surface area contributed by atoms with Gasteiger partial charge in [0.25, 0.3) is 0 Å². The minimum absolute atomic E-state index is 0.345. The van der Waals surface area contributed by atoms with Gasteiger partial charge in [0, 0.05) is 6.54 Å². The molecular weight excluding hydrogens is 253 g/mol. The van der Waals surface area contributed by atoms with Crippen molar-refractivity contribution in [2.24, 2.45) is 0 Å². The summed E-state index contributed by atoms with van der Waals surface area (Å²) in [6, 6.07) is 15.7. The molecule has 20 heavy (non-hydrogen) atoms. The summed E-state index contributed by atoms with van der Waals surface area (Å²) in [6.07, 6.45) is 1.08. The van der Waals surface area contributed by atoms with Crippen molar-refractivity contribution in [3.63, 3.8) is 0 Å². The van der Waals surface area contributed by atoms with E-state index in [4.69, 9.17) is 0 Å². The average Bonchev–Trinajstić information content (AvgIpc) is 2.48. The first-order valence-electron chi connectivity index (χ1n) is 6.56.